The molecule has 46 heavy (non-hydrogen) atoms. The van der Waals surface area contributed by atoms with E-state index >= 15 is 0 Å². The van der Waals surface area contributed by atoms with Crippen molar-refractivity contribution in [2.45, 2.75) is 75.4 Å². The van der Waals surface area contributed by atoms with Crippen LogP contribution in [0, 0.1) is 6.92 Å². The first-order valence-corrected chi connectivity index (χ1v) is 18.7. The molecule has 1 N–H and O–H groups in total. The van der Waals surface area contributed by atoms with Gasteiger partial charge in [-0.15, -0.1) is 0 Å². The first-order chi connectivity index (χ1) is 22.1. The van der Waals surface area contributed by atoms with Gasteiger partial charge in [0.1, 0.15) is 5.82 Å². The van der Waals surface area contributed by atoms with Gasteiger partial charge >= 0.3 is 0 Å². The highest BCUT2D eigenvalue weighted by atomic mass is 35.5. The molecule has 8 nitrogen and oxygen atoms in total. The van der Waals surface area contributed by atoms with Gasteiger partial charge in [-0.3, -0.25) is 14.4 Å². The fraction of sp³-hybridized carbons (Fsp3) is 0.444. The fourth-order valence-electron chi connectivity index (χ4n) is 8.52. The van der Waals surface area contributed by atoms with E-state index < -0.39 is 10.0 Å². The van der Waals surface area contributed by atoms with Crippen LogP contribution in [0.3, 0.4) is 0 Å². The van der Waals surface area contributed by atoms with E-state index in [1.807, 2.05) is 4.90 Å². The van der Waals surface area contributed by atoms with Gasteiger partial charge in [-0.05, 0) is 99.7 Å². The molecule has 3 saturated heterocycles. The van der Waals surface area contributed by atoms with Crippen LogP contribution >= 0.6 is 11.6 Å². The molecule has 3 aromatic carbocycles. The lowest BCUT2D eigenvalue weighted by Gasteiger charge is -2.45. The van der Waals surface area contributed by atoms with Crippen molar-refractivity contribution >= 4 is 44.3 Å². The lowest BCUT2D eigenvalue weighted by molar-refractivity contribution is 0.0607. The number of aryl methyl sites for hydroxylation is 1. The van der Waals surface area contributed by atoms with E-state index in [-0.39, 0.29) is 22.0 Å². The number of carbonyl (C=O) groups excluding carboxylic acids is 1. The molecule has 2 bridgehead atoms. The third-order valence-electron chi connectivity index (χ3n) is 10.7. The smallest absolute Gasteiger partial charge is 0.253 e. The van der Waals surface area contributed by atoms with E-state index in [1.54, 1.807) is 12.1 Å². The van der Waals surface area contributed by atoms with E-state index in [2.05, 4.69) is 75.7 Å². The number of para-hydroxylation sites is 2. The maximum absolute atomic E-state index is 13.6. The van der Waals surface area contributed by atoms with Gasteiger partial charge in [-0.2, -0.15) is 0 Å². The predicted molar refractivity (Wildman–Crippen MR) is 184 cm³/mol. The Hall–Kier alpha value is -3.40. The van der Waals surface area contributed by atoms with Crippen molar-refractivity contribution in [1.29, 1.82) is 0 Å². The number of fused-ring (bicyclic) bond motifs is 3. The second-order valence-electron chi connectivity index (χ2n) is 13.5. The highest BCUT2D eigenvalue weighted by Crippen LogP contribution is 2.45. The third-order valence-corrected chi connectivity index (χ3v) is 11.7. The molecule has 3 fully saturated rings. The topological polar surface area (TPSA) is 87.5 Å². The summed E-state index contributed by atoms with van der Waals surface area (Å²) >= 11 is 6.23. The summed E-state index contributed by atoms with van der Waals surface area (Å²) < 4.78 is 28.6. The molecule has 242 valence electrons. The molecule has 0 aliphatic carbocycles. The first kappa shape index (κ1) is 31.2. The fourth-order valence-corrected chi connectivity index (χ4v) is 9.31. The zero-order valence-electron chi connectivity index (χ0n) is 26.5. The summed E-state index contributed by atoms with van der Waals surface area (Å²) in [6.07, 6.45) is 8.74. The van der Waals surface area contributed by atoms with Crippen molar-refractivity contribution < 1.29 is 13.2 Å². The molecule has 0 unspecified atom stereocenters. The number of hydrogen-bond acceptors (Lipinski definition) is 5. The predicted octanol–water partition coefficient (Wildman–Crippen LogP) is 6.80. The summed E-state index contributed by atoms with van der Waals surface area (Å²) in [5.74, 6) is 1.02. The third kappa shape index (κ3) is 6.05. The molecule has 4 heterocycles. The standard InChI is InChI=1S/C36H42ClN5O3S/c1-25-38-32-10-6-7-11-34(32)42(25)30-23-28-13-14-29(24-30)41(28)21-18-36(27-8-4-3-5-9-27)16-19-40(20-17-36)35(43)26-12-15-31(37)33(22-26)39-46(2,44)45/h3-12,15,22,28-30,39H,13-14,16-21,23-24H2,1-2H3/t28-,29+,30+. The van der Waals surface area contributed by atoms with Crippen LogP contribution in [0.5, 0.6) is 0 Å². The summed E-state index contributed by atoms with van der Waals surface area (Å²) in [6.45, 7) is 4.50. The molecule has 3 atom stereocenters. The zero-order chi connectivity index (χ0) is 32.1. The second kappa shape index (κ2) is 12.3. The number of nitrogens with zero attached hydrogens (tertiary/aromatic N) is 4. The van der Waals surface area contributed by atoms with Crippen LogP contribution in [0.2, 0.25) is 5.02 Å². The largest absolute Gasteiger partial charge is 0.339 e. The number of benzene rings is 3. The summed E-state index contributed by atoms with van der Waals surface area (Å²) in [6, 6.07) is 25.8. The number of sulfonamides is 1. The minimum absolute atomic E-state index is 0.00549. The van der Waals surface area contributed by atoms with Crippen LogP contribution in [0.1, 0.15) is 72.7 Å². The first-order valence-electron chi connectivity index (χ1n) is 16.4. The Morgan fingerprint density at radius 3 is 2.33 bits per heavy atom. The van der Waals surface area contributed by atoms with Gasteiger partial charge in [0.05, 0.1) is 28.0 Å². The lowest BCUT2D eigenvalue weighted by Crippen LogP contribution is -2.49. The van der Waals surface area contributed by atoms with Gasteiger partial charge in [0.25, 0.3) is 5.91 Å². The maximum atomic E-state index is 13.6. The van der Waals surface area contributed by atoms with Crippen molar-refractivity contribution in [1.82, 2.24) is 19.4 Å². The second-order valence-corrected chi connectivity index (χ2v) is 15.7. The van der Waals surface area contributed by atoms with Crippen LogP contribution in [0.25, 0.3) is 11.0 Å². The van der Waals surface area contributed by atoms with E-state index in [0.717, 1.165) is 56.2 Å². The number of imidazole rings is 1. The number of carbonyl (C=O) groups is 1. The van der Waals surface area contributed by atoms with Crippen molar-refractivity contribution in [3.05, 3.63) is 94.8 Å². The summed E-state index contributed by atoms with van der Waals surface area (Å²) in [4.78, 5) is 23.2. The average molecular weight is 660 g/mol. The highest BCUT2D eigenvalue weighted by Gasteiger charge is 2.44. The van der Waals surface area contributed by atoms with Crippen LogP contribution in [-0.4, -0.2) is 71.6 Å². The Morgan fingerprint density at radius 1 is 0.957 bits per heavy atom. The molecule has 10 heteroatoms. The monoisotopic (exact) mass is 659 g/mol. The van der Waals surface area contributed by atoms with Crippen LogP contribution < -0.4 is 4.72 Å². The Bertz CT molecular complexity index is 1840. The van der Waals surface area contributed by atoms with Crippen LogP contribution in [-0.2, 0) is 15.4 Å². The highest BCUT2D eigenvalue weighted by molar-refractivity contribution is 7.92. The number of nitrogens with one attached hydrogen (secondary N) is 1. The van der Waals surface area contributed by atoms with Gasteiger partial charge in [0.15, 0.2) is 0 Å². The Balaban J connectivity index is 1.05. The molecule has 1 amide bonds. The van der Waals surface area contributed by atoms with Gasteiger partial charge < -0.3 is 9.47 Å². The number of rotatable bonds is 8. The van der Waals surface area contributed by atoms with Crippen molar-refractivity contribution in [2.75, 3.05) is 30.6 Å². The molecule has 3 aliphatic heterocycles. The zero-order valence-corrected chi connectivity index (χ0v) is 28.1. The quantitative estimate of drug-likeness (QED) is 0.225. The summed E-state index contributed by atoms with van der Waals surface area (Å²) in [5.41, 5.74) is 4.35. The van der Waals surface area contributed by atoms with Crippen LogP contribution in [0.15, 0.2) is 72.8 Å². The molecule has 7 rings (SSSR count). The Labute approximate surface area is 276 Å². The molecule has 4 aromatic rings. The number of piperidine rings is 2. The number of aromatic nitrogens is 2. The summed E-state index contributed by atoms with van der Waals surface area (Å²) in [5, 5.41) is 0.259. The Kier molecular flexibility index (Phi) is 8.36. The SMILES string of the molecule is Cc1nc2ccccc2n1[C@H]1C[C@H]2CC[C@@H](C1)N2CCC1(c2ccccc2)CCN(C(=O)c2ccc(Cl)c(NS(C)(=O)=O)c2)CC1. The summed E-state index contributed by atoms with van der Waals surface area (Å²) in [7, 11) is -3.53. The molecule has 3 aliphatic rings. The van der Waals surface area contributed by atoms with Crippen molar-refractivity contribution in [2.24, 2.45) is 0 Å². The molecular weight excluding hydrogens is 618 g/mol. The number of hydrogen-bond donors (Lipinski definition) is 1. The lowest BCUT2D eigenvalue weighted by atomic mass is 9.70. The molecule has 0 spiro atoms. The van der Waals surface area contributed by atoms with E-state index in [0.29, 0.717) is 36.8 Å². The van der Waals surface area contributed by atoms with Gasteiger partial charge in [0.2, 0.25) is 10.0 Å². The van der Waals surface area contributed by atoms with E-state index in [4.69, 9.17) is 16.6 Å². The minimum Gasteiger partial charge on any atom is -0.339 e. The van der Waals surface area contributed by atoms with Gasteiger partial charge in [-0.1, -0.05) is 54.1 Å². The molecular formula is C36H42ClN5O3S. The number of likely N-dealkylation sites (tertiary alicyclic amines) is 1. The molecule has 1 aromatic heterocycles. The van der Waals surface area contributed by atoms with E-state index in [1.165, 1.54) is 30.0 Å². The number of halogens is 1. The average Bonchev–Trinajstić information content (AvgIpc) is 3.51. The number of anilines is 1. The van der Waals surface area contributed by atoms with Crippen molar-refractivity contribution in [3.8, 4) is 0 Å². The normalized spacial score (nSPS) is 23.1. The maximum Gasteiger partial charge on any atom is 0.253 e. The van der Waals surface area contributed by atoms with Crippen molar-refractivity contribution in [3.63, 3.8) is 0 Å². The molecule has 0 saturated carbocycles. The Morgan fingerprint density at radius 2 is 1.63 bits per heavy atom. The van der Waals surface area contributed by atoms with Gasteiger partial charge in [-0.25, -0.2) is 13.4 Å². The number of amides is 1. The molecule has 0 radical (unpaired) electrons. The van der Waals surface area contributed by atoms with Crippen LogP contribution in [0.4, 0.5) is 5.69 Å². The van der Waals surface area contributed by atoms with E-state index in [9.17, 15) is 13.2 Å². The minimum atomic E-state index is -3.53. The van der Waals surface area contributed by atoms with Gasteiger partial charge in [0, 0.05) is 36.8 Å².